The lowest BCUT2D eigenvalue weighted by Gasteiger charge is -2.11. The molecule has 1 aliphatic rings. The van der Waals surface area contributed by atoms with Gasteiger partial charge < -0.3 is 5.32 Å². The molecule has 92 valence electrons. The average Bonchev–Trinajstić information content (AvgIpc) is 2.93. The van der Waals surface area contributed by atoms with Gasteiger partial charge in [0.2, 0.25) is 0 Å². The lowest BCUT2D eigenvalue weighted by atomic mass is 9.94. The first kappa shape index (κ1) is 11.8. The zero-order valence-corrected chi connectivity index (χ0v) is 11.0. The summed E-state index contributed by atoms with van der Waals surface area (Å²) in [5.41, 5.74) is 3.74. The number of hydrogen-bond acceptors (Lipinski definition) is 1. The van der Waals surface area contributed by atoms with E-state index in [2.05, 4.69) is 35.6 Å². The summed E-state index contributed by atoms with van der Waals surface area (Å²) in [6.45, 7) is 2.22. The van der Waals surface area contributed by atoms with Crippen molar-refractivity contribution in [1.82, 2.24) is 5.32 Å². The summed E-state index contributed by atoms with van der Waals surface area (Å²) in [6, 6.07) is 16.8. The van der Waals surface area contributed by atoms with Crippen LogP contribution in [0.2, 0.25) is 5.02 Å². The first-order valence-corrected chi connectivity index (χ1v) is 6.78. The van der Waals surface area contributed by atoms with Gasteiger partial charge in [0.25, 0.3) is 0 Å². The van der Waals surface area contributed by atoms with E-state index in [1.54, 1.807) is 0 Å². The van der Waals surface area contributed by atoms with Crippen LogP contribution in [0.5, 0.6) is 0 Å². The van der Waals surface area contributed by atoms with Crippen LogP contribution < -0.4 is 5.32 Å². The molecule has 1 aliphatic heterocycles. The van der Waals surface area contributed by atoms with E-state index in [4.69, 9.17) is 11.6 Å². The lowest BCUT2D eigenvalue weighted by molar-refractivity contribution is 0.764. The third kappa shape index (κ3) is 2.29. The van der Waals surface area contributed by atoms with Gasteiger partial charge in [0, 0.05) is 17.1 Å². The molecule has 1 nitrogen and oxygen atoms in total. The molecule has 0 saturated carbocycles. The molecule has 2 aromatic rings. The van der Waals surface area contributed by atoms with Gasteiger partial charge in [-0.2, -0.15) is 0 Å². The normalized spacial score (nSPS) is 19.1. The number of halogens is 1. The van der Waals surface area contributed by atoms with E-state index in [0.717, 1.165) is 23.7 Å². The van der Waals surface area contributed by atoms with Crippen LogP contribution in [0.25, 0.3) is 11.1 Å². The molecule has 2 aromatic carbocycles. The van der Waals surface area contributed by atoms with Crippen LogP contribution in [0, 0.1) is 0 Å². The van der Waals surface area contributed by atoms with Crippen LogP contribution in [-0.4, -0.2) is 13.1 Å². The first-order valence-electron chi connectivity index (χ1n) is 6.40. The van der Waals surface area contributed by atoms with Crippen molar-refractivity contribution in [2.45, 2.75) is 12.3 Å². The van der Waals surface area contributed by atoms with E-state index in [1.165, 1.54) is 17.5 Å². The van der Waals surface area contributed by atoms with Crippen LogP contribution in [-0.2, 0) is 0 Å². The summed E-state index contributed by atoms with van der Waals surface area (Å²) in [6.07, 6.45) is 1.23. The molecule has 18 heavy (non-hydrogen) atoms. The monoisotopic (exact) mass is 257 g/mol. The Hall–Kier alpha value is -1.31. The van der Waals surface area contributed by atoms with E-state index in [9.17, 15) is 0 Å². The van der Waals surface area contributed by atoms with Crippen molar-refractivity contribution in [2.75, 3.05) is 13.1 Å². The second-order valence-corrected chi connectivity index (χ2v) is 5.20. The third-order valence-electron chi connectivity index (χ3n) is 3.60. The highest BCUT2D eigenvalue weighted by Gasteiger charge is 2.16. The van der Waals surface area contributed by atoms with Gasteiger partial charge in [-0.1, -0.05) is 54.1 Å². The minimum absolute atomic E-state index is 0.646. The van der Waals surface area contributed by atoms with E-state index >= 15 is 0 Å². The first-order chi connectivity index (χ1) is 8.84. The van der Waals surface area contributed by atoms with Gasteiger partial charge in [0.05, 0.1) is 0 Å². The topological polar surface area (TPSA) is 12.0 Å². The molecule has 0 aromatic heterocycles. The van der Waals surface area contributed by atoms with E-state index < -0.39 is 0 Å². The van der Waals surface area contributed by atoms with E-state index in [-0.39, 0.29) is 0 Å². The predicted molar refractivity (Wildman–Crippen MR) is 77.1 cm³/mol. The van der Waals surface area contributed by atoms with Crippen molar-refractivity contribution in [3.05, 3.63) is 59.1 Å². The maximum atomic E-state index is 6.26. The summed E-state index contributed by atoms with van der Waals surface area (Å²) in [5.74, 6) is 0.646. The van der Waals surface area contributed by atoms with Gasteiger partial charge in [0.1, 0.15) is 0 Å². The molecule has 0 amide bonds. The summed E-state index contributed by atoms with van der Waals surface area (Å²) >= 11 is 6.26. The van der Waals surface area contributed by atoms with Crippen LogP contribution in [0.1, 0.15) is 17.9 Å². The third-order valence-corrected chi connectivity index (χ3v) is 3.93. The Labute approximate surface area is 113 Å². The fourth-order valence-corrected chi connectivity index (χ4v) is 2.84. The van der Waals surface area contributed by atoms with Gasteiger partial charge in [-0.05, 0) is 36.1 Å². The molecule has 1 atom stereocenters. The molecule has 1 fully saturated rings. The summed E-state index contributed by atoms with van der Waals surface area (Å²) < 4.78 is 0. The number of rotatable bonds is 2. The average molecular weight is 258 g/mol. The molecular formula is C16H16ClN. The molecule has 0 aliphatic carbocycles. The van der Waals surface area contributed by atoms with Gasteiger partial charge in [-0.15, -0.1) is 0 Å². The molecule has 0 spiro atoms. The van der Waals surface area contributed by atoms with Crippen molar-refractivity contribution in [2.24, 2.45) is 0 Å². The van der Waals surface area contributed by atoms with Crippen molar-refractivity contribution < 1.29 is 0 Å². The van der Waals surface area contributed by atoms with Crippen molar-refractivity contribution >= 4 is 11.6 Å². The van der Waals surface area contributed by atoms with Crippen LogP contribution >= 0.6 is 11.6 Å². The number of benzene rings is 2. The van der Waals surface area contributed by atoms with Crippen LogP contribution in [0.15, 0.2) is 48.5 Å². The maximum Gasteiger partial charge on any atom is 0.0484 e. The zero-order valence-electron chi connectivity index (χ0n) is 10.2. The standard InChI is InChI=1S/C16H16ClN/c17-16-7-2-1-6-15(16)13-5-3-4-12(10-13)14-8-9-18-11-14/h1-7,10,14,18H,8-9,11H2. The SMILES string of the molecule is Clc1ccccc1-c1cccc(C2CCNC2)c1. The number of nitrogens with one attached hydrogen (secondary N) is 1. The summed E-state index contributed by atoms with van der Waals surface area (Å²) in [4.78, 5) is 0. The highest BCUT2D eigenvalue weighted by molar-refractivity contribution is 6.33. The molecule has 2 heteroatoms. The van der Waals surface area contributed by atoms with Crippen LogP contribution in [0.3, 0.4) is 0 Å². The molecule has 1 heterocycles. The zero-order chi connectivity index (χ0) is 12.4. The van der Waals surface area contributed by atoms with Crippen molar-refractivity contribution in [3.63, 3.8) is 0 Å². The predicted octanol–water partition coefficient (Wildman–Crippen LogP) is 4.08. The van der Waals surface area contributed by atoms with E-state index in [0.29, 0.717) is 5.92 Å². The van der Waals surface area contributed by atoms with Gasteiger partial charge in [-0.25, -0.2) is 0 Å². The molecule has 1 saturated heterocycles. The fraction of sp³-hybridized carbons (Fsp3) is 0.250. The molecule has 1 unspecified atom stereocenters. The van der Waals surface area contributed by atoms with Crippen molar-refractivity contribution in [1.29, 1.82) is 0 Å². The highest BCUT2D eigenvalue weighted by Crippen LogP contribution is 2.31. The number of hydrogen-bond donors (Lipinski definition) is 1. The summed E-state index contributed by atoms with van der Waals surface area (Å²) in [7, 11) is 0. The van der Waals surface area contributed by atoms with Crippen molar-refractivity contribution in [3.8, 4) is 11.1 Å². The Morgan fingerprint density at radius 1 is 1.06 bits per heavy atom. The molecule has 1 N–H and O–H groups in total. The van der Waals surface area contributed by atoms with E-state index in [1.807, 2.05) is 18.2 Å². The lowest BCUT2D eigenvalue weighted by Crippen LogP contribution is -2.07. The summed E-state index contributed by atoms with van der Waals surface area (Å²) in [5, 5.41) is 4.23. The van der Waals surface area contributed by atoms with Gasteiger partial charge in [-0.3, -0.25) is 0 Å². The maximum absolute atomic E-state index is 6.26. The quantitative estimate of drug-likeness (QED) is 0.855. The second kappa shape index (κ2) is 5.13. The molecule has 0 bridgehead atoms. The second-order valence-electron chi connectivity index (χ2n) is 4.80. The minimum Gasteiger partial charge on any atom is -0.316 e. The highest BCUT2D eigenvalue weighted by atomic mass is 35.5. The van der Waals surface area contributed by atoms with Gasteiger partial charge in [0.15, 0.2) is 0 Å². The smallest absolute Gasteiger partial charge is 0.0484 e. The fourth-order valence-electron chi connectivity index (χ4n) is 2.59. The largest absolute Gasteiger partial charge is 0.316 e. The Bertz CT molecular complexity index is 544. The molecule has 3 rings (SSSR count). The Morgan fingerprint density at radius 2 is 1.94 bits per heavy atom. The Balaban J connectivity index is 1.98. The molecular weight excluding hydrogens is 242 g/mol. The molecule has 0 radical (unpaired) electrons. The van der Waals surface area contributed by atoms with Crippen LogP contribution in [0.4, 0.5) is 0 Å². The minimum atomic E-state index is 0.646. The Kier molecular flexibility index (Phi) is 3.35. The van der Waals surface area contributed by atoms with Gasteiger partial charge >= 0.3 is 0 Å². The Morgan fingerprint density at radius 3 is 2.72 bits per heavy atom.